The van der Waals surface area contributed by atoms with Crippen LogP contribution in [0.25, 0.3) is 10.8 Å². The highest BCUT2D eigenvalue weighted by Gasteiger charge is 2.32. The number of carbonyl (C=O) groups excluding carboxylic acids is 1. The fourth-order valence-electron chi connectivity index (χ4n) is 3.49. The summed E-state index contributed by atoms with van der Waals surface area (Å²) in [7, 11) is -1.96. The van der Waals surface area contributed by atoms with E-state index in [1.807, 2.05) is 37.3 Å². The van der Waals surface area contributed by atoms with Crippen LogP contribution in [0.5, 0.6) is 0 Å². The second-order valence-corrected chi connectivity index (χ2v) is 8.99. The van der Waals surface area contributed by atoms with E-state index < -0.39 is 10.0 Å². The van der Waals surface area contributed by atoms with Crippen LogP contribution in [0.4, 0.5) is 0 Å². The molecule has 7 heteroatoms. The van der Waals surface area contributed by atoms with E-state index >= 15 is 0 Å². The summed E-state index contributed by atoms with van der Waals surface area (Å²) in [6, 6.07) is 12.8. The van der Waals surface area contributed by atoms with Gasteiger partial charge in [0, 0.05) is 32.2 Å². The summed E-state index contributed by atoms with van der Waals surface area (Å²) in [5, 5.41) is 4.84. The molecule has 0 radical (unpaired) electrons. The molecule has 6 nitrogen and oxygen atoms in total. The van der Waals surface area contributed by atoms with E-state index in [-0.39, 0.29) is 17.9 Å². The zero-order chi connectivity index (χ0) is 19.4. The summed E-state index contributed by atoms with van der Waals surface area (Å²) in [5.41, 5.74) is 0. The van der Waals surface area contributed by atoms with Crippen molar-refractivity contribution in [2.24, 2.45) is 5.92 Å². The van der Waals surface area contributed by atoms with Crippen molar-refractivity contribution in [1.82, 2.24) is 9.62 Å². The minimum atomic E-state index is -3.55. The van der Waals surface area contributed by atoms with E-state index in [0.29, 0.717) is 37.4 Å². The summed E-state index contributed by atoms with van der Waals surface area (Å²) < 4.78 is 32.5. The van der Waals surface area contributed by atoms with E-state index in [1.54, 1.807) is 19.2 Å². The summed E-state index contributed by atoms with van der Waals surface area (Å²) in [5.74, 6) is -0.185. The fourth-order valence-corrected chi connectivity index (χ4v) is 4.99. The van der Waals surface area contributed by atoms with Crippen LogP contribution >= 0.6 is 0 Å². The molecular weight excluding hydrogens is 364 g/mol. The standard InChI is InChI=1S/C20H26N2O4S/c1-15(14-26-2)21-20(23)17-9-11-22(12-10-17)27(24,25)19-8-7-16-5-3-4-6-18(16)13-19/h3-8,13,15,17H,9-12,14H2,1-2H3,(H,21,23)/t15-/m0/s1. The number of hydrogen-bond donors (Lipinski definition) is 1. The van der Waals surface area contributed by atoms with Gasteiger partial charge in [-0.05, 0) is 42.7 Å². The molecule has 2 aromatic carbocycles. The lowest BCUT2D eigenvalue weighted by atomic mass is 9.97. The molecule has 1 atom stereocenters. The number of benzene rings is 2. The number of nitrogens with zero attached hydrogens (tertiary/aromatic N) is 1. The molecule has 0 unspecified atom stereocenters. The number of piperidine rings is 1. The Hall–Kier alpha value is -1.96. The molecule has 0 aromatic heterocycles. The third-order valence-corrected chi connectivity index (χ3v) is 6.88. The molecule has 1 fully saturated rings. The maximum Gasteiger partial charge on any atom is 0.243 e. The Balaban J connectivity index is 1.66. The number of methoxy groups -OCH3 is 1. The van der Waals surface area contributed by atoms with Gasteiger partial charge in [0.25, 0.3) is 0 Å². The van der Waals surface area contributed by atoms with E-state index in [2.05, 4.69) is 5.32 Å². The molecule has 1 amide bonds. The summed E-state index contributed by atoms with van der Waals surface area (Å²) in [4.78, 5) is 12.6. The lowest BCUT2D eigenvalue weighted by Crippen LogP contribution is -2.45. The fraction of sp³-hybridized carbons (Fsp3) is 0.450. The predicted octanol–water partition coefficient (Wildman–Crippen LogP) is 2.39. The van der Waals surface area contributed by atoms with E-state index in [1.165, 1.54) is 4.31 Å². The molecule has 1 heterocycles. The third kappa shape index (κ3) is 4.48. The van der Waals surface area contributed by atoms with Crippen LogP contribution in [0.3, 0.4) is 0 Å². The largest absolute Gasteiger partial charge is 0.383 e. The van der Waals surface area contributed by atoms with Gasteiger partial charge < -0.3 is 10.1 Å². The van der Waals surface area contributed by atoms with Crippen molar-refractivity contribution in [2.75, 3.05) is 26.8 Å². The molecule has 0 bridgehead atoms. The van der Waals surface area contributed by atoms with Crippen LogP contribution in [0.2, 0.25) is 0 Å². The summed E-state index contributed by atoms with van der Waals surface area (Å²) in [6.07, 6.45) is 1.05. The maximum atomic E-state index is 13.0. The second-order valence-electron chi connectivity index (χ2n) is 7.05. The Morgan fingerprint density at radius 1 is 1.19 bits per heavy atom. The Morgan fingerprint density at radius 3 is 2.52 bits per heavy atom. The van der Waals surface area contributed by atoms with Crippen molar-refractivity contribution in [2.45, 2.75) is 30.7 Å². The zero-order valence-electron chi connectivity index (χ0n) is 15.7. The van der Waals surface area contributed by atoms with Crippen LogP contribution in [0, 0.1) is 5.92 Å². The number of ether oxygens (including phenoxy) is 1. The van der Waals surface area contributed by atoms with Gasteiger partial charge in [0.2, 0.25) is 15.9 Å². The molecule has 3 rings (SSSR count). The van der Waals surface area contributed by atoms with Gasteiger partial charge in [0.05, 0.1) is 11.5 Å². The van der Waals surface area contributed by atoms with Gasteiger partial charge >= 0.3 is 0 Å². The molecule has 2 aromatic rings. The lowest BCUT2D eigenvalue weighted by molar-refractivity contribution is -0.127. The first kappa shape index (κ1) is 19.8. The Morgan fingerprint density at radius 2 is 1.85 bits per heavy atom. The van der Waals surface area contributed by atoms with Crippen molar-refractivity contribution in [3.05, 3.63) is 42.5 Å². The number of amides is 1. The monoisotopic (exact) mass is 390 g/mol. The first-order valence-electron chi connectivity index (χ1n) is 9.20. The number of carbonyl (C=O) groups is 1. The Kier molecular flexibility index (Phi) is 6.14. The normalized spacial score (nSPS) is 17.7. The van der Waals surface area contributed by atoms with Gasteiger partial charge in [-0.2, -0.15) is 4.31 Å². The Bertz CT molecular complexity index is 905. The smallest absolute Gasteiger partial charge is 0.243 e. The van der Waals surface area contributed by atoms with E-state index in [4.69, 9.17) is 4.74 Å². The van der Waals surface area contributed by atoms with E-state index in [9.17, 15) is 13.2 Å². The van der Waals surface area contributed by atoms with Gasteiger partial charge in [0.1, 0.15) is 0 Å². The zero-order valence-corrected chi connectivity index (χ0v) is 16.5. The highest BCUT2D eigenvalue weighted by molar-refractivity contribution is 7.89. The number of nitrogens with one attached hydrogen (secondary N) is 1. The molecule has 0 aliphatic carbocycles. The minimum absolute atomic E-state index is 0.0256. The van der Waals surface area contributed by atoms with Gasteiger partial charge in [-0.1, -0.05) is 30.3 Å². The molecule has 146 valence electrons. The van der Waals surface area contributed by atoms with E-state index in [0.717, 1.165) is 10.8 Å². The molecular formula is C20H26N2O4S. The quantitative estimate of drug-likeness (QED) is 0.822. The molecule has 1 N–H and O–H groups in total. The molecule has 0 saturated carbocycles. The third-order valence-electron chi connectivity index (χ3n) is 4.99. The molecule has 27 heavy (non-hydrogen) atoms. The van der Waals surface area contributed by atoms with Crippen LogP contribution < -0.4 is 5.32 Å². The minimum Gasteiger partial charge on any atom is -0.383 e. The van der Waals surface area contributed by atoms with Crippen LogP contribution in [0.1, 0.15) is 19.8 Å². The molecule has 0 spiro atoms. The highest BCUT2D eigenvalue weighted by Crippen LogP contribution is 2.26. The first-order chi connectivity index (χ1) is 12.9. The van der Waals surface area contributed by atoms with Gasteiger partial charge in [-0.25, -0.2) is 8.42 Å². The van der Waals surface area contributed by atoms with Crippen molar-refractivity contribution in [3.63, 3.8) is 0 Å². The lowest BCUT2D eigenvalue weighted by Gasteiger charge is -2.31. The topological polar surface area (TPSA) is 75.7 Å². The van der Waals surface area contributed by atoms with Gasteiger partial charge in [-0.3, -0.25) is 4.79 Å². The van der Waals surface area contributed by atoms with Crippen LogP contribution in [-0.4, -0.2) is 51.5 Å². The average Bonchev–Trinajstić information content (AvgIpc) is 2.67. The number of rotatable bonds is 6. The number of hydrogen-bond acceptors (Lipinski definition) is 4. The second kappa shape index (κ2) is 8.37. The molecule has 1 aliphatic heterocycles. The SMILES string of the molecule is COC[C@H](C)NC(=O)C1CCN(S(=O)(=O)c2ccc3ccccc3c2)CC1. The van der Waals surface area contributed by atoms with Crippen LogP contribution in [0.15, 0.2) is 47.4 Å². The van der Waals surface area contributed by atoms with Crippen molar-refractivity contribution < 1.29 is 17.9 Å². The first-order valence-corrected chi connectivity index (χ1v) is 10.6. The van der Waals surface area contributed by atoms with Gasteiger partial charge in [0.15, 0.2) is 0 Å². The maximum absolute atomic E-state index is 13.0. The van der Waals surface area contributed by atoms with Crippen LogP contribution in [-0.2, 0) is 19.6 Å². The predicted molar refractivity (Wildman–Crippen MR) is 105 cm³/mol. The Labute approximate surface area is 160 Å². The van der Waals surface area contributed by atoms with Gasteiger partial charge in [-0.15, -0.1) is 0 Å². The number of sulfonamides is 1. The molecule has 1 aliphatic rings. The summed E-state index contributed by atoms with van der Waals surface area (Å²) >= 11 is 0. The molecule has 1 saturated heterocycles. The average molecular weight is 391 g/mol. The van der Waals surface area contributed by atoms with Crippen molar-refractivity contribution >= 4 is 26.7 Å². The van der Waals surface area contributed by atoms with Crippen molar-refractivity contribution in [1.29, 1.82) is 0 Å². The summed E-state index contributed by atoms with van der Waals surface area (Å²) in [6.45, 7) is 3.06. The number of fused-ring (bicyclic) bond motifs is 1. The van der Waals surface area contributed by atoms with Crippen molar-refractivity contribution in [3.8, 4) is 0 Å². The highest BCUT2D eigenvalue weighted by atomic mass is 32.2.